The molecule has 0 amide bonds. The van der Waals surface area contributed by atoms with E-state index in [1.165, 1.54) is 11.1 Å². The lowest BCUT2D eigenvalue weighted by molar-refractivity contribution is 0.400. The van der Waals surface area contributed by atoms with E-state index in [1.807, 2.05) is 20.4 Å². The van der Waals surface area contributed by atoms with Gasteiger partial charge in [0.2, 0.25) is 0 Å². The molecule has 6 nitrogen and oxygen atoms in total. The SMILES string of the molecule is CNc1nc2[nH]c(-c3cccc(CCCN(C)C)c3)cc2c2c1ncn2C. The van der Waals surface area contributed by atoms with Gasteiger partial charge in [-0.1, -0.05) is 18.2 Å². The Morgan fingerprint density at radius 2 is 2.07 bits per heavy atom. The van der Waals surface area contributed by atoms with Crippen LogP contribution in [0.25, 0.3) is 33.3 Å². The van der Waals surface area contributed by atoms with Gasteiger partial charge in [0.1, 0.15) is 11.2 Å². The Kier molecular flexibility index (Phi) is 4.58. The first-order valence-electron chi connectivity index (χ1n) is 9.32. The third-order valence-electron chi connectivity index (χ3n) is 4.98. The van der Waals surface area contributed by atoms with Crippen LogP contribution in [0.4, 0.5) is 5.82 Å². The lowest BCUT2D eigenvalue weighted by Crippen LogP contribution is -2.13. The predicted molar refractivity (Wildman–Crippen MR) is 112 cm³/mol. The summed E-state index contributed by atoms with van der Waals surface area (Å²) in [5.41, 5.74) is 6.51. The van der Waals surface area contributed by atoms with Crippen LogP contribution in [-0.4, -0.2) is 52.1 Å². The van der Waals surface area contributed by atoms with Crippen LogP contribution in [0.3, 0.4) is 0 Å². The smallest absolute Gasteiger partial charge is 0.156 e. The van der Waals surface area contributed by atoms with Gasteiger partial charge in [0, 0.05) is 25.2 Å². The third-order valence-corrected chi connectivity index (χ3v) is 4.98. The minimum absolute atomic E-state index is 0.795. The second-order valence-corrected chi connectivity index (χ2v) is 7.32. The molecule has 140 valence electrons. The first-order chi connectivity index (χ1) is 13.1. The van der Waals surface area contributed by atoms with Gasteiger partial charge < -0.3 is 19.8 Å². The van der Waals surface area contributed by atoms with Crippen molar-refractivity contribution in [2.24, 2.45) is 7.05 Å². The van der Waals surface area contributed by atoms with E-state index in [0.29, 0.717) is 0 Å². The van der Waals surface area contributed by atoms with Gasteiger partial charge in [-0.3, -0.25) is 0 Å². The van der Waals surface area contributed by atoms with Gasteiger partial charge in [-0.15, -0.1) is 0 Å². The molecular formula is C21H26N6. The van der Waals surface area contributed by atoms with Gasteiger partial charge in [-0.05, 0) is 56.7 Å². The van der Waals surface area contributed by atoms with Crippen LogP contribution in [-0.2, 0) is 13.5 Å². The van der Waals surface area contributed by atoms with E-state index in [0.717, 1.165) is 53.0 Å². The van der Waals surface area contributed by atoms with E-state index in [4.69, 9.17) is 4.98 Å². The molecule has 0 aliphatic rings. The molecule has 2 N–H and O–H groups in total. The van der Waals surface area contributed by atoms with Crippen LogP contribution in [0.15, 0.2) is 36.7 Å². The molecule has 0 radical (unpaired) electrons. The largest absolute Gasteiger partial charge is 0.371 e. The van der Waals surface area contributed by atoms with Crippen molar-refractivity contribution in [3.8, 4) is 11.3 Å². The summed E-state index contributed by atoms with van der Waals surface area (Å²) in [5, 5.41) is 4.25. The van der Waals surface area contributed by atoms with Crippen molar-refractivity contribution in [1.82, 2.24) is 24.4 Å². The minimum atomic E-state index is 0.795. The summed E-state index contributed by atoms with van der Waals surface area (Å²) in [4.78, 5) is 15.0. The molecule has 27 heavy (non-hydrogen) atoms. The zero-order chi connectivity index (χ0) is 19.0. The number of pyridine rings is 1. The molecule has 4 rings (SSSR count). The van der Waals surface area contributed by atoms with Gasteiger partial charge in [0.05, 0.1) is 11.8 Å². The molecule has 0 saturated heterocycles. The number of aromatic nitrogens is 4. The number of fused-ring (bicyclic) bond motifs is 3. The monoisotopic (exact) mass is 362 g/mol. The Hall–Kier alpha value is -2.86. The molecule has 1 aromatic carbocycles. The number of anilines is 1. The molecule has 0 bridgehead atoms. The average molecular weight is 362 g/mol. The zero-order valence-corrected chi connectivity index (χ0v) is 16.4. The van der Waals surface area contributed by atoms with E-state index in [2.05, 4.69) is 69.2 Å². The van der Waals surface area contributed by atoms with Crippen molar-refractivity contribution in [3.05, 3.63) is 42.2 Å². The number of hydrogen-bond donors (Lipinski definition) is 2. The predicted octanol–water partition coefficient (Wildman–Crippen LogP) is 3.65. The number of benzene rings is 1. The standard InChI is InChI=1S/C21H26N6/c1-22-21-18-19(27(4)13-23-18)16-12-17(24-20(16)25-21)15-9-5-7-14(11-15)8-6-10-26(2)3/h5,7,9,11-13H,6,8,10H2,1-4H3,(H2,22,24,25). The Morgan fingerprint density at radius 3 is 2.85 bits per heavy atom. The van der Waals surface area contributed by atoms with Crippen LogP contribution >= 0.6 is 0 Å². The number of hydrogen-bond acceptors (Lipinski definition) is 4. The van der Waals surface area contributed by atoms with E-state index < -0.39 is 0 Å². The van der Waals surface area contributed by atoms with Gasteiger partial charge in [-0.2, -0.15) is 0 Å². The molecule has 3 heterocycles. The summed E-state index contributed by atoms with van der Waals surface area (Å²) >= 11 is 0. The summed E-state index contributed by atoms with van der Waals surface area (Å²) in [6.45, 7) is 1.10. The van der Waals surface area contributed by atoms with Crippen molar-refractivity contribution in [1.29, 1.82) is 0 Å². The van der Waals surface area contributed by atoms with Crippen LogP contribution in [0.1, 0.15) is 12.0 Å². The Balaban J connectivity index is 1.74. The number of imidazole rings is 1. The highest BCUT2D eigenvalue weighted by Gasteiger charge is 2.15. The van der Waals surface area contributed by atoms with E-state index in [1.54, 1.807) is 0 Å². The summed E-state index contributed by atoms with van der Waals surface area (Å²) in [6, 6.07) is 11.0. The van der Waals surface area contributed by atoms with E-state index in [9.17, 15) is 0 Å². The van der Waals surface area contributed by atoms with Crippen molar-refractivity contribution < 1.29 is 0 Å². The number of aryl methyl sites for hydroxylation is 2. The molecule has 0 saturated carbocycles. The van der Waals surface area contributed by atoms with E-state index >= 15 is 0 Å². The van der Waals surface area contributed by atoms with Crippen LogP contribution in [0.2, 0.25) is 0 Å². The summed E-state index contributed by atoms with van der Waals surface area (Å²) < 4.78 is 2.05. The Morgan fingerprint density at radius 1 is 1.22 bits per heavy atom. The highest BCUT2D eigenvalue weighted by molar-refractivity contribution is 6.07. The number of rotatable bonds is 6. The lowest BCUT2D eigenvalue weighted by Gasteiger charge is -2.09. The molecule has 0 aliphatic carbocycles. The maximum atomic E-state index is 4.72. The number of aromatic amines is 1. The molecule has 0 atom stereocenters. The zero-order valence-electron chi connectivity index (χ0n) is 16.4. The molecule has 3 aromatic heterocycles. The van der Waals surface area contributed by atoms with Gasteiger partial charge >= 0.3 is 0 Å². The van der Waals surface area contributed by atoms with Crippen molar-refractivity contribution in [2.75, 3.05) is 33.0 Å². The van der Waals surface area contributed by atoms with Crippen LogP contribution in [0, 0.1) is 0 Å². The van der Waals surface area contributed by atoms with Crippen LogP contribution < -0.4 is 5.32 Å². The minimum Gasteiger partial charge on any atom is -0.371 e. The normalized spacial score (nSPS) is 11.7. The molecule has 0 unspecified atom stereocenters. The highest BCUT2D eigenvalue weighted by Crippen LogP contribution is 2.31. The van der Waals surface area contributed by atoms with Crippen molar-refractivity contribution in [2.45, 2.75) is 12.8 Å². The maximum Gasteiger partial charge on any atom is 0.156 e. The second kappa shape index (κ2) is 7.04. The number of nitrogens with zero attached hydrogens (tertiary/aromatic N) is 4. The fraction of sp³-hybridized carbons (Fsp3) is 0.333. The lowest BCUT2D eigenvalue weighted by atomic mass is 10.0. The molecule has 6 heteroatoms. The fourth-order valence-corrected chi connectivity index (χ4v) is 3.62. The number of nitrogens with one attached hydrogen (secondary N) is 2. The third kappa shape index (κ3) is 3.28. The summed E-state index contributed by atoms with van der Waals surface area (Å²) in [5.74, 6) is 0.795. The van der Waals surface area contributed by atoms with Crippen molar-refractivity contribution in [3.63, 3.8) is 0 Å². The highest BCUT2D eigenvalue weighted by atomic mass is 15.1. The Labute approximate surface area is 159 Å². The van der Waals surface area contributed by atoms with Gasteiger partial charge in [0.15, 0.2) is 5.82 Å². The van der Waals surface area contributed by atoms with Gasteiger partial charge in [-0.25, -0.2) is 9.97 Å². The quantitative estimate of drug-likeness (QED) is 0.550. The second-order valence-electron chi connectivity index (χ2n) is 7.32. The molecule has 0 fully saturated rings. The summed E-state index contributed by atoms with van der Waals surface area (Å²) in [6.07, 6.45) is 4.08. The topological polar surface area (TPSA) is 61.8 Å². The Bertz CT molecular complexity index is 1090. The molecule has 4 aromatic rings. The van der Waals surface area contributed by atoms with Crippen LogP contribution in [0.5, 0.6) is 0 Å². The van der Waals surface area contributed by atoms with Gasteiger partial charge in [0.25, 0.3) is 0 Å². The average Bonchev–Trinajstić information content (AvgIpc) is 3.24. The summed E-state index contributed by atoms with van der Waals surface area (Å²) in [7, 11) is 8.13. The number of H-pyrrole nitrogens is 1. The first kappa shape index (κ1) is 17.5. The molecule has 0 aliphatic heterocycles. The molecule has 0 spiro atoms. The first-order valence-corrected chi connectivity index (χ1v) is 9.32. The molecular weight excluding hydrogens is 336 g/mol. The fourth-order valence-electron chi connectivity index (χ4n) is 3.62. The van der Waals surface area contributed by atoms with E-state index in [-0.39, 0.29) is 0 Å². The van der Waals surface area contributed by atoms with Crippen molar-refractivity contribution >= 4 is 27.9 Å². The maximum absolute atomic E-state index is 4.72.